The van der Waals surface area contributed by atoms with Gasteiger partial charge in [0.1, 0.15) is 0 Å². The molecule has 0 aliphatic heterocycles. The molecule has 0 saturated carbocycles. The number of methoxy groups -OCH3 is 2. The van der Waals surface area contributed by atoms with E-state index < -0.39 is 0 Å². The summed E-state index contributed by atoms with van der Waals surface area (Å²) in [6, 6.07) is 3.60. The van der Waals surface area contributed by atoms with E-state index in [1.807, 2.05) is 6.07 Å². The second-order valence-corrected chi connectivity index (χ2v) is 4.26. The number of halogens is 1. The fourth-order valence-electron chi connectivity index (χ4n) is 1.59. The fraction of sp³-hybridized carbons (Fsp3) is 0.538. The summed E-state index contributed by atoms with van der Waals surface area (Å²) >= 11 is 6.05. The van der Waals surface area contributed by atoms with Gasteiger partial charge in [-0.15, -0.1) is 0 Å². The van der Waals surface area contributed by atoms with E-state index in [-0.39, 0.29) is 6.79 Å². The molecular formula is C13H20ClNO3. The molecule has 0 fully saturated rings. The van der Waals surface area contributed by atoms with Gasteiger partial charge < -0.3 is 19.5 Å². The highest BCUT2D eigenvalue weighted by molar-refractivity contribution is 6.30. The molecule has 0 aromatic heterocycles. The molecule has 0 saturated heterocycles. The number of hydrogen-bond donors (Lipinski definition) is 1. The van der Waals surface area contributed by atoms with Gasteiger partial charge in [0.25, 0.3) is 0 Å². The van der Waals surface area contributed by atoms with Crippen molar-refractivity contribution >= 4 is 11.6 Å². The van der Waals surface area contributed by atoms with Crippen LogP contribution < -0.4 is 14.8 Å². The van der Waals surface area contributed by atoms with E-state index in [1.165, 1.54) is 0 Å². The van der Waals surface area contributed by atoms with Crippen molar-refractivity contribution in [1.29, 1.82) is 0 Å². The van der Waals surface area contributed by atoms with Gasteiger partial charge in [-0.3, -0.25) is 0 Å². The van der Waals surface area contributed by atoms with Crippen LogP contribution in [0.3, 0.4) is 0 Å². The van der Waals surface area contributed by atoms with Crippen molar-refractivity contribution in [2.75, 3.05) is 27.6 Å². The Morgan fingerprint density at radius 2 is 2.06 bits per heavy atom. The third-order valence-corrected chi connectivity index (χ3v) is 2.60. The zero-order valence-corrected chi connectivity index (χ0v) is 11.8. The molecule has 1 aromatic rings. The molecule has 0 bridgehead atoms. The standard InChI is InChI=1S/C13H20ClNO3/c1-4-5-15-8-10-6-11(14)7-12(17-3)13(10)18-9-16-2/h6-7,15H,4-5,8-9H2,1-3H3. The Kier molecular flexibility index (Phi) is 6.86. The summed E-state index contributed by atoms with van der Waals surface area (Å²) in [5.74, 6) is 1.29. The normalized spacial score (nSPS) is 10.4. The summed E-state index contributed by atoms with van der Waals surface area (Å²) in [6.45, 7) is 3.93. The average Bonchev–Trinajstić information content (AvgIpc) is 2.37. The van der Waals surface area contributed by atoms with Crippen LogP contribution in [-0.2, 0) is 11.3 Å². The van der Waals surface area contributed by atoms with Crippen molar-refractivity contribution in [2.24, 2.45) is 0 Å². The van der Waals surface area contributed by atoms with E-state index >= 15 is 0 Å². The molecule has 102 valence electrons. The maximum Gasteiger partial charge on any atom is 0.188 e. The highest BCUT2D eigenvalue weighted by Crippen LogP contribution is 2.34. The first-order valence-corrected chi connectivity index (χ1v) is 6.29. The van der Waals surface area contributed by atoms with Gasteiger partial charge in [0.2, 0.25) is 0 Å². The van der Waals surface area contributed by atoms with Gasteiger partial charge >= 0.3 is 0 Å². The molecule has 4 nitrogen and oxygen atoms in total. The predicted molar refractivity (Wildman–Crippen MR) is 72.5 cm³/mol. The quantitative estimate of drug-likeness (QED) is 0.584. The molecule has 18 heavy (non-hydrogen) atoms. The Morgan fingerprint density at radius 3 is 2.67 bits per heavy atom. The van der Waals surface area contributed by atoms with Gasteiger partial charge in [-0.25, -0.2) is 0 Å². The number of hydrogen-bond acceptors (Lipinski definition) is 4. The molecule has 0 amide bonds. The second kappa shape index (κ2) is 8.19. The zero-order valence-electron chi connectivity index (χ0n) is 11.1. The lowest BCUT2D eigenvalue weighted by Crippen LogP contribution is -2.15. The predicted octanol–water partition coefficient (Wildman–Crippen LogP) is 2.83. The largest absolute Gasteiger partial charge is 0.493 e. The van der Waals surface area contributed by atoms with Crippen LogP contribution in [-0.4, -0.2) is 27.6 Å². The molecule has 0 aliphatic carbocycles. The Labute approximate surface area is 113 Å². The number of rotatable bonds is 8. The van der Waals surface area contributed by atoms with Crippen molar-refractivity contribution in [3.63, 3.8) is 0 Å². The number of ether oxygens (including phenoxy) is 3. The minimum absolute atomic E-state index is 0.179. The molecule has 0 aliphatic rings. The van der Waals surface area contributed by atoms with Crippen molar-refractivity contribution < 1.29 is 14.2 Å². The first kappa shape index (κ1) is 15.1. The van der Waals surface area contributed by atoms with E-state index in [0.717, 1.165) is 18.5 Å². The van der Waals surface area contributed by atoms with Crippen molar-refractivity contribution in [2.45, 2.75) is 19.9 Å². The van der Waals surface area contributed by atoms with E-state index in [0.29, 0.717) is 23.1 Å². The lowest BCUT2D eigenvalue weighted by atomic mass is 10.2. The third-order valence-electron chi connectivity index (χ3n) is 2.38. The van der Waals surface area contributed by atoms with Gasteiger partial charge in [-0.2, -0.15) is 0 Å². The minimum atomic E-state index is 0.179. The molecular weight excluding hydrogens is 254 g/mol. The molecule has 1 N–H and O–H groups in total. The van der Waals surface area contributed by atoms with E-state index in [9.17, 15) is 0 Å². The fourth-order valence-corrected chi connectivity index (χ4v) is 1.82. The zero-order chi connectivity index (χ0) is 13.4. The van der Waals surface area contributed by atoms with Crippen LogP contribution in [0, 0.1) is 0 Å². The molecule has 0 radical (unpaired) electrons. The summed E-state index contributed by atoms with van der Waals surface area (Å²) in [4.78, 5) is 0. The topological polar surface area (TPSA) is 39.7 Å². The average molecular weight is 274 g/mol. The number of benzene rings is 1. The van der Waals surface area contributed by atoms with Crippen LogP contribution in [0.5, 0.6) is 11.5 Å². The van der Waals surface area contributed by atoms with Crippen LogP contribution in [0.1, 0.15) is 18.9 Å². The minimum Gasteiger partial charge on any atom is -0.493 e. The van der Waals surface area contributed by atoms with Crippen molar-refractivity contribution in [3.8, 4) is 11.5 Å². The Bertz CT molecular complexity index is 371. The maximum atomic E-state index is 6.05. The van der Waals surface area contributed by atoms with Crippen LogP contribution in [0.4, 0.5) is 0 Å². The lowest BCUT2D eigenvalue weighted by molar-refractivity contribution is 0.0483. The molecule has 0 unspecified atom stereocenters. The first-order valence-electron chi connectivity index (χ1n) is 5.91. The highest BCUT2D eigenvalue weighted by Gasteiger charge is 2.12. The summed E-state index contributed by atoms with van der Waals surface area (Å²) in [6.07, 6.45) is 1.08. The summed E-state index contributed by atoms with van der Waals surface area (Å²) in [5, 5.41) is 3.94. The molecule has 1 rings (SSSR count). The van der Waals surface area contributed by atoms with E-state index in [2.05, 4.69) is 12.2 Å². The Balaban J connectivity index is 2.91. The van der Waals surface area contributed by atoms with Gasteiger partial charge in [0, 0.05) is 30.3 Å². The van der Waals surface area contributed by atoms with Crippen molar-refractivity contribution in [1.82, 2.24) is 5.32 Å². The van der Waals surface area contributed by atoms with Gasteiger partial charge in [0.15, 0.2) is 18.3 Å². The van der Waals surface area contributed by atoms with Gasteiger partial charge in [0.05, 0.1) is 7.11 Å². The molecule has 0 heterocycles. The highest BCUT2D eigenvalue weighted by atomic mass is 35.5. The summed E-state index contributed by atoms with van der Waals surface area (Å²) in [7, 11) is 3.17. The van der Waals surface area contributed by atoms with Crippen LogP contribution in [0.2, 0.25) is 5.02 Å². The van der Waals surface area contributed by atoms with E-state index in [4.69, 9.17) is 25.8 Å². The van der Waals surface area contributed by atoms with Gasteiger partial charge in [-0.05, 0) is 19.0 Å². The molecule has 5 heteroatoms. The second-order valence-electron chi connectivity index (χ2n) is 3.82. The van der Waals surface area contributed by atoms with Crippen LogP contribution in [0.25, 0.3) is 0 Å². The summed E-state index contributed by atoms with van der Waals surface area (Å²) < 4.78 is 15.8. The SMILES string of the molecule is CCCNCc1cc(Cl)cc(OC)c1OCOC. The van der Waals surface area contributed by atoms with Crippen molar-refractivity contribution in [3.05, 3.63) is 22.7 Å². The first-order chi connectivity index (χ1) is 8.72. The Hall–Kier alpha value is -0.970. The van der Waals surface area contributed by atoms with Crippen LogP contribution >= 0.6 is 11.6 Å². The van der Waals surface area contributed by atoms with E-state index in [1.54, 1.807) is 20.3 Å². The molecule has 1 aromatic carbocycles. The molecule has 0 atom stereocenters. The third kappa shape index (κ3) is 4.37. The van der Waals surface area contributed by atoms with Crippen LogP contribution in [0.15, 0.2) is 12.1 Å². The lowest BCUT2D eigenvalue weighted by Gasteiger charge is -2.15. The molecule has 0 spiro atoms. The monoisotopic (exact) mass is 273 g/mol. The van der Waals surface area contributed by atoms with Gasteiger partial charge in [-0.1, -0.05) is 18.5 Å². The summed E-state index contributed by atoms with van der Waals surface area (Å²) in [5.41, 5.74) is 0.963. The smallest absolute Gasteiger partial charge is 0.188 e. The number of nitrogens with one attached hydrogen (secondary N) is 1. The Morgan fingerprint density at radius 1 is 1.28 bits per heavy atom. The maximum absolute atomic E-state index is 6.05.